The van der Waals surface area contributed by atoms with Crippen LogP contribution in [0.2, 0.25) is 0 Å². The van der Waals surface area contributed by atoms with Gasteiger partial charge in [0.1, 0.15) is 0 Å². The van der Waals surface area contributed by atoms with Gasteiger partial charge in [0, 0.05) is 16.2 Å². The predicted octanol–water partition coefficient (Wildman–Crippen LogP) is 3.90. The Balaban J connectivity index is 1.90. The normalized spacial score (nSPS) is 11.6. The third-order valence-electron chi connectivity index (χ3n) is 3.25. The van der Waals surface area contributed by atoms with Gasteiger partial charge < -0.3 is 10.1 Å². The van der Waals surface area contributed by atoms with Crippen LogP contribution < -0.4 is 5.32 Å². The molecule has 2 aromatic carbocycles. The van der Waals surface area contributed by atoms with Crippen LogP contribution in [0.4, 0.5) is 5.69 Å². The molecule has 0 aliphatic carbocycles. The van der Waals surface area contributed by atoms with Crippen molar-refractivity contribution in [3.63, 3.8) is 0 Å². The van der Waals surface area contributed by atoms with E-state index in [4.69, 9.17) is 10.00 Å². The van der Waals surface area contributed by atoms with Gasteiger partial charge in [-0.15, -0.1) is 0 Å². The minimum Gasteiger partial charge on any atom is -0.449 e. The topological polar surface area (TPSA) is 79.2 Å². The number of nitrogens with zero attached hydrogens (tertiary/aromatic N) is 1. The highest BCUT2D eigenvalue weighted by atomic mass is 79.9. The molecule has 0 aliphatic rings. The molecule has 2 aromatic rings. The summed E-state index contributed by atoms with van der Waals surface area (Å²) in [6, 6.07) is 15.8. The lowest BCUT2D eigenvalue weighted by atomic mass is 10.2. The molecule has 0 bridgehead atoms. The van der Waals surface area contributed by atoms with Gasteiger partial charge in [-0.1, -0.05) is 34.1 Å². The van der Waals surface area contributed by atoms with Crippen LogP contribution in [0.1, 0.15) is 18.1 Å². The highest BCUT2D eigenvalue weighted by molar-refractivity contribution is 9.10. The average Bonchev–Trinajstić information content (AvgIpc) is 2.61. The van der Waals surface area contributed by atoms with Crippen molar-refractivity contribution in [2.45, 2.75) is 13.0 Å². The van der Waals surface area contributed by atoms with Crippen molar-refractivity contribution >= 4 is 39.6 Å². The second kappa shape index (κ2) is 8.81. The first-order chi connectivity index (χ1) is 12.0. The van der Waals surface area contributed by atoms with Crippen LogP contribution in [0, 0.1) is 11.3 Å². The molecular weight excluding hydrogens is 384 g/mol. The highest BCUT2D eigenvalue weighted by Gasteiger charge is 2.16. The van der Waals surface area contributed by atoms with E-state index in [0.717, 1.165) is 10.0 Å². The first-order valence-corrected chi connectivity index (χ1v) is 8.23. The second-order valence-corrected chi connectivity index (χ2v) is 5.97. The Morgan fingerprint density at radius 2 is 1.88 bits per heavy atom. The predicted molar refractivity (Wildman–Crippen MR) is 98.5 cm³/mol. The minimum absolute atomic E-state index is 0.452. The van der Waals surface area contributed by atoms with Crippen molar-refractivity contribution in [3.05, 3.63) is 70.2 Å². The summed E-state index contributed by atoms with van der Waals surface area (Å²) in [5.74, 6) is -1.06. The van der Waals surface area contributed by atoms with Crippen LogP contribution in [-0.4, -0.2) is 18.0 Å². The van der Waals surface area contributed by atoms with E-state index in [1.165, 1.54) is 13.0 Å². The van der Waals surface area contributed by atoms with Crippen molar-refractivity contribution in [1.29, 1.82) is 5.26 Å². The highest BCUT2D eigenvalue weighted by Crippen LogP contribution is 2.17. The van der Waals surface area contributed by atoms with E-state index in [1.54, 1.807) is 30.3 Å². The van der Waals surface area contributed by atoms with E-state index in [-0.39, 0.29) is 0 Å². The Hall–Kier alpha value is -2.91. The second-order valence-electron chi connectivity index (χ2n) is 5.11. The monoisotopic (exact) mass is 398 g/mol. The molecule has 0 fully saturated rings. The number of esters is 1. The third kappa shape index (κ3) is 5.59. The zero-order chi connectivity index (χ0) is 18.2. The lowest BCUT2D eigenvalue weighted by Crippen LogP contribution is -2.29. The molecule has 0 spiro atoms. The van der Waals surface area contributed by atoms with Crippen molar-refractivity contribution in [2.24, 2.45) is 0 Å². The number of hydrogen-bond acceptors (Lipinski definition) is 4. The van der Waals surface area contributed by atoms with E-state index in [9.17, 15) is 9.59 Å². The molecular formula is C19H15BrN2O3. The maximum atomic E-state index is 12.0. The fourth-order valence-corrected chi connectivity index (χ4v) is 2.32. The number of carbonyl (C=O) groups is 2. The van der Waals surface area contributed by atoms with Crippen molar-refractivity contribution in [1.82, 2.24) is 0 Å². The Labute approximate surface area is 154 Å². The summed E-state index contributed by atoms with van der Waals surface area (Å²) in [5, 5.41) is 11.4. The van der Waals surface area contributed by atoms with Gasteiger partial charge in [-0.05, 0) is 48.9 Å². The first kappa shape index (κ1) is 18.4. The number of carbonyl (C=O) groups excluding carboxylic acids is 2. The number of anilines is 1. The zero-order valence-corrected chi connectivity index (χ0v) is 15.0. The number of nitriles is 1. The number of ether oxygens (including phenoxy) is 1. The molecule has 2 rings (SSSR count). The van der Waals surface area contributed by atoms with E-state index in [0.29, 0.717) is 11.3 Å². The minimum atomic E-state index is -0.952. The van der Waals surface area contributed by atoms with Crippen LogP contribution in [-0.2, 0) is 14.3 Å². The van der Waals surface area contributed by atoms with E-state index in [2.05, 4.69) is 21.2 Å². The van der Waals surface area contributed by atoms with E-state index >= 15 is 0 Å². The Bertz CT molecular complexity index is 838. The molecule has 0 heterocycles. The summed E-state index contributed by atoms with van der Waals surface area (Å²) in [6.07, 6.45) is 1.93. The Morgan fingerprint density at radius 1 is 1.20 bits per heavy atom. The van der Waals surface area contributed by atoms with Crippen LogP contribution in [0.5, 0.6) is 0 Å². The van der Waals surface area contributed by atoms with Crippen LogP contribution in [0.15, 0.2) is 59.1 Å². The van der Waals surface area contributed by atoms with Crippen LogP contribution >= 0.6 is 15.9 Å². The number of benzene rings is 2. The quantitative estimate of drug-likeness (QED) is 0.611. The fourth-order valence-electron chi connectivity index (χ4n) is 1.91. The average molecular weight is 399 g/mol. The molecule has 1 atom stereocenters. The van der Waals surface area contributed by atoms with Gasteiger partial charge >= 0.3 is 5.97 Å². The van der Waals surface area contributed by atoms with Gasteiger partial charge in [-0.3, -0.25) is 4.79 Å². The SMILES string of the molecule is C[C@H](OC(=O)/C=C/c1ccccc1Br)C(=O)Nc1ccc(C#N)cc1. The standard InChI is InChI=1S/C19H15BrN2O3/c1-13(19(24)22-16-9-6-14(12-21)7-10-16)25-18(23)11-8-15-4-2-3-5-17(15)20/h2-11,13H,1H3,(H,22,24)/b11-8+/t13-/m0/s1. The number of halogens is 1. The molecule has 0 unspecified atom stereocenters. The zero-order valence-electron chi connectivity index (χ0n) is 13.4. The molecule has 25 heavy (non-hydrogen) atoms. The van der Waals surface area contributed by atoms with Gasteiger partial charge in [0.05, 0.1) is 11.6 Å². The lowest BCUT2D eigenvalue weighted by Gasteiger charge is -2.12. The maximum absolute atomic E-state index is 12.0. The van der Waals surface area contributed by atoms with Gasteiger partial charge in [0.2, 0.25) is 0 Å². The smallest absolute Gasteiger partial charge is 0.331 e. The van der Waals surface area contributed by atoms with Gasteiger partial charge in [0.25, 0.3) is 5.91 Å². The molecule has 0 aliphatic heterocycles. The lowest BCUT2D eigenvalue weighted by molar-refractivity contribution is -0.148. The Morgan fingerprint density at radius 3 is 2.52 bits per heavy atom. The largest absolute Gasteiger partial charge is 0.449 e. The number of rotatable bonds is 5. The number of amides is 1. The molecule has 0 saturated carbocycles. The molecule has 0 aromatic heterocycles. The van der Waals surface area contributed by atoms with Crippen LogP contribution in [0.3, 0.4) is 0 Å². The van der Waals surface area contributed by atoms with Crippen LogP contribution in [0.25, 0.3) is 6.08 Å². The van der Waals surface area contributed by atoms with E-state index in [1.807, 2.05) is 30.3 Å². The summed E-state index contributed by atoms with van der Waals surface area (Å²) < 4.78 is 5.94. The summed E-state index contributed by atoms with van der Waals surface area (Å²) >= 11 is 3.38. The first-order valence-electron chi connectivity index (χ1n) is 7.44. The van der Waals surface area contributed by atoms with Crippen molar-refractivity contribution < 1.29 is 14.3 Å². The number of nitrogens with one attached hydrogen (secondary N) is 1. The summed E-state index contributed by atoms with van der Waals surface area (Å²) in [5.41, 5.74) is 1.85. The molecule has 0 radical (unpaired) electrons. The summed E-state index contributed by atoms with van der Waals surface area (Å²) in [6.45, 7) is 1.49. The summed E-state index contributed by atoms with van der Waals surface area (Å²) in [7, 11) is 0. The maximum Gasteiger partial charge on any atom is 0.331 e. The molecule has 1 amide bonds. The van der Waals surface area contributed by atoms with Gasteiger partial charge in [-0.2, -0.15) is 5.26 Å². The molecule has 1 N–H and O–H groups in total. The van der Waals surface area contributed by atoms with Crippen molar-refractivity contribution in [2.75, 3.05) is 5.32 Å². The fraction of sp³-hybridized carbons (Fsp3) is 0.105. The Kier molecular flexibility index (Phi) is 6.49. The molecule has 5 nitrogen and oxygen atoms in total. The molecule has 6 heteroatoms. The molecule has 0 saturated heterocycles. The van der Waals surface area contributed by atoms with E-state index < -0.39 is 18.0 Å². The third-order valence-corrected chi connectivity index (χ3v) is 3.97. The van der Waals surface area contributed by atoms with Gasteiger partial charge in [-0.25, -0.2) is 4.79 Å². The molecule has 126 valence electrons. The summed E-state index contributed by atoms with van der Waals surface area (Å²) in [4.78, 5) is 23.9. The van der Waals surface area contributed by atoms with Gasteiger partial charge in [0.15, 0.2) is 6.10 Å². The van der Waals surface area contributed by atoms with Crippen molar-refractivity contribution in [3.8, 4) is 6.07 Å². The number of hydrogen-bond donors (Lipinski definition) is 1.